The summed E-state index contributed by atoms with van der Waals surface area (Å²) < 4.78 is 10.4. The van der Waals surface area contributed by atoms with E-state index in [9.17, 15) is 9.90 Å². The molecule has 4 rings (SSSR count). The monoisotopic (exact) mass is 458 g/mol. The largest absolute Gasteiger partial charge is 0.389 e. The number of hydrogen-bond acceptors (Lipinski definition) is 5. The van der Waals surface area contributed by atoms with Crippen molar-refractivity contribution in [1.82, 2.24) is 10.2 Å². The summed E-state index contributed by atoms with van der Waals surface area (Å²) in [6.45, 7) is 4.86. The fourth-order valence-electron chi connectivity index (χ4n) is 5.51. The van der Waals surface area contributed by atoms with Gasteiger partial charge in [0, 0.05) is 33.2 Å². The third-order valence-corrected chi connectivity index (χ3v) is 7.45. The first-order chi connectivity index (χ1) is 15.8. The molecule has 33 heavy (non-hydrogen) atoms. The number of rotatable bonds is 13. The summed E-state index contributed by atoms with van der Waals surface area (Å²) in [4.78, 5) is 14.8. The van der Waals surface area contributed by atoms with Gasteiger partial charge in [-0.1, -0.05) is 36.4 Å². The highest BCUT2D eigenvalue weighted by molar-refractivity contribution is 5.82. The van der Waals surface area contributed by atoms with Crippen LogP contribution in [0.25, 0.3) is 5.57 Å². The maximum Gasteiger partial charge on any atom is 0.230 e. The van der Waals surface area contributed by atoms with Crippen LogP contribution in [0.4, 0.5) is 0 Å². The number of hydrogen-bond donors (Lipinski definition) is 2. The highest BCUT2D eigenvalue weighted by Crippen LogP contribution is 2.51. The van der Waals surface area contributed by atoms with Gasteiger partial charge in [0.1, 0.15) is 0 Å². The molecule has 6 heteroatoms. The molecule has 1 amide bonds. The molecule has 0 saturated heterocycles. The highest BCUT2D eigenvalue weighted by atomic mass is 16.5. The van der Waals surface area contributed by atoms with E-state index in [-0.39, 0.29) is 11.8 Å². The standard InChI is InChI=1S/C27H42N2O4/c1-26(19-32-3,20-33-4)25(30)28-14-8-15-29(2)16-13-27(31)18-22-11-12-23(27)17-24(22)21-9-6-5-7-10-21/h5-7,9-10,17,22-23,31H,8,11-16,18-20H2,1-4H3,(H,28,30)/t22-,23+,27+/m1/s1. The molecular weight excluding hydrogens is 416 g/mol. The molecule has 0 spiro atoms. The van der Waals surface area contributed by atoms with Gasteiger partial charge in [-0.2, -0.15) is 0 Å². The van der Waals surface area contributed by atoms with Crippen molar-refractivity contribution < 1.29 is 19.4 Å². The number of ether oxygens (including phenoxy) is 2. The van der Waals surface area contributed by atoms with Gasteiger partial charge >= 0.3 is 0 Å². The van der Waals surface area contributed by atoms with Crippen LogP contribution in [0.2, 0.25) is 0 Å². The van der Waals surface area contributed by atoms with Crippen molar-refractivity contribution in [3.05, 3.63) is 42.0 Å². The summed E-state index contributed by atoms with van der Waals surface area (Å²) >= 11 is 0. The van der Waals surface area contributed by atoms with Crippen LogP contribution >= 0.6 is 0 Å². The zero-order chi connectivity index (χ0) is 23.9. The molecule has 184 valence electrons. The molecule has 0 aliphatic heterocycles. The van der Waals surface area contributed by atoms with E-state index in [0.29, 0.717) is 25.7 Å². The lowest BCUT2D eigenvalue weighted by Gasteiger charge is -2.48. The number of methoxy groups -OCH3 is 2. The van der Waals surface area contributed by atoms with Gasteiger partial charge in [0.15, 0.2) is 0 Å². The van der Waals surface area contributed by atoms with Gasteiger partial charge in [-0.15, -0.1) is 0 Å². The van der Waals surface area contributed by atoms with Crippen LogP contribution in [-0.2, 0) is 14.3 Å². The Morgan fingerprint density at radius 3 is 2.48 bits per heavy atom. The number of nitrogens with one attached hydrogen (secondary N) is 1. The topological polar surface area (TPSA) is 71.0 Å². The molecule has 0 radical (unpaired) electrons. The lowest BCUT2D eigenvalue weighted by atomic mass is 9.61. The van der Waals surface area contributed by atoms with Gasteiger partial charge in [-0.25, -0.2) is 0 Å². The van der Waals surface area contributed by atoms with Crippen molar-refractivity contribution in [1.29, 1.82) is 0 Å². The second-order valence-electron chi connectivity index (χ2n) is 10.3. The van der Waals surface area contributed by atoms with E-state index in [1.54, 1.807) is 14.2 Å². The Bertz CT molecular complexity index is 791. The van der Waals surface area contributed by atoms with Crippen LogP contribution in [0, 0.1) is 17.3 Å². The molecule has 0 unspecified atom stereocenters. The van der Waals surface area contributed by atoms with E-state index in [4.69, 9.17) is 9.47 Å². The van der Waals surface area contributed by atoms with Crippen molar-refractivity contribution >= 4 is 11.5 Å². The maximum atomic E-state index is 12.5. The lowest BCUT2D eigenvalue weighted by molar-refractivity contribution is -0.136. The van der Waals surface area contributed by atoms with Gasteiger partial charge in [0.25, 0.3) is 0 Å². The molecule has 1 fully saturated rings. The van der Waals surface area contributed by atoms with E-state index < -0.39 is 11.0 Å². The summed E-state index contributed by atoms with van der Waals surface area (Å²) in [5.41, 5.74) is 1.45. The Morgan fingerprint density at radius 1 is 1.18 bits per heavy atom. The lowest BCUT2D eigenvalue weighted by Crippen LogP contribution is -2.48. The second-order valence-corrected chi connectivity index (χ2v) is 10.3. The molecule has 6 nitrogen and oxygen atoms in total. The first-order valence-corrected chi connectivity index (χ1v) is 12.3. The van der Waals surface area contributed by atoms with Crippen LogP contribution in [0.1, 0.15) is 44.6 Å². The number of allylic oxidation sites excluding steroid dienone is 1. The molecule has 1 saturated carbocycles. The Kier molecular flexibility index (Phi) is 9.10. The molecular formula is C27H42N2O4. The zero-order valence-electron chi connectivity index (χ0n) is 20.8. The van der Waals surface area contributed by atoms with E-state index in [2.05, 4.69) is 53.7 Å². The van der Waals surface area contributed by atoms with E-state index in [1.807, 2.05) is 6.92 Å². The summed E-state index contributed by atoms with van der Waals surface area (Å²) in [7, 11) is 5.29. The van der Waals surface area contributed by atoms with Gasteiger partial charge in [0.05, 0.1) is 24.2 Å². The highest BCUT2D eigenvalue weighted by Gasteiger charge is 2.46. The summed E-state index contributed by atoms with van der Waals surface area (Å²) in [6, 6.07) is 10.6. The second kappa shape index (κ2) is 11.6. The fourth-order valence-corrected chi connectivity index (χ4v) is 5.51. The molecule has 0 heterocycles. The van der Waals surface area contributed by atoms with Gasteiger partial charge in [0.2, 0.25) is 5.91 Å². The third kappa shape index (κ3) is 6.44. The molecule has 3 aliphatic carbocycles. The molecule has 2 bridgehead atoms. The number of nitrogens with zero attached hydrogens (tertiary/aromatic N) is 1. The minimum atomic E-state index is -0.676. The SMILES string of the molecule is COCC(C)(COC)C(=O)NCCCN(C)CC[C@]1(O)C[C@H]2CC[C@H]1C=C2c1ccccc1. The third-order valence-electron chi connectivity index (χ3n) is 7.45. The molecule has 2 N–H and O–H groups in total. The van der Waals surface area contributed by atoms with E-state index in [1.165, 1.54) is 17.6 Å². The predicted octanol–water partition coefficient (Wildman–Crippen LogP) is 3.36. The number of fused-ring (bicyclic) bond motifs is 2. The summed E-state index contributed by atoms with van der Waals surface area (Å²) in [6.07, 6.45) is 7.11. The number of carbonyl (C=O) groups is 1. The predicted molar refractivity (Wildman–Crippen MR) is 132 cm³/mol. The Morgan fingerprint density at radius 2 is 1.88 bits per heavy atom. The fraction of sp³-hybridized carbons (Fsp3) is 0.667. The molecule has 3 aliphatic rings. The first kappa shape index (κ1) is 25.9. The first-order valence-electron chi connectivity index (χ1n) is 12.3. The number of carbonyl (C=O) groups excluding carboxylic acids is 1. The minimum Gasteiger partial charge on any atom is -0.389 e. The minimum absolute atomic E-state index is 0.0394. The van der Waals surface area contributed by atoms with Crippen molar-refractivity contribution in [3.8, 4) is 0 Å². The molecule has 1 aromatic rings. The van der Waals surface area contributed by atoms with Crippen LogP contribution in [0.5, 0.6) is 0 Å². The van der Waals surface area contributed by atoms with Gasteiger partial charge < -0.3 is 24.8 Å². The number of aliphatic hydroxyl groups is 1. The van der Waals surface area contributed by atoms with Crippen LogP contribution in [0.3, 0.4) is 0 Å². The molecule has 3 atom stereocenters. The number of benzene rings is 1. The molecule has 1 aromatic carbocycles. The van der Waals surface area contributed by atoms with E-state index >= 15 is 0 Å². The van der Waals surface area contributed by atoms with Gasteiger partial charge in [-0.05, 0) is 69.7 Å². The average molecular weight is 459 g/mol. The Labute approximate surface area is 199 Å². The van der Waals surface area contributed by atoms with E-state index in [0.717, 1.165) is 38.8 Å². The normalized spacial score (nSPS) is 24.7. The Hall–Kier alpha value is -1.73. The van der Waals surface area contributed by atoms with Crippen molar-refractivity contribution in [3.63, 3.8) is 0 Å². The van der Waals surface area contributed by atoms with Gasteiger partial charge in [-0.3, -0.25) is 4.79 Å². The van der Waals surface area contributed by atoms with Crippen molar-refractivity contribution in [2.24, 2.45) is 17.3 Å². The summed E-state index contributed by atoms with van der Waals surface area (Å²) in [5, 5.41) is 14.5. The van der Waals surface area contributed by atoms with Crippen molar-refractivity contribution in [2.45, 2.75) is 44.6 Å². The van der Waals surface area contributed by atoms with Crippen LogP contribution < -0.4 is 5.32 Å². The van der Waals surface area contributed by atoms with Crippen molar-refractivity contribution in [2.75, 3.05) is 54.1 Å². The maximum absolute atomic E-state index is 12.5. The zero-order valence-corrected chi connectivity index (χ0v) is 20.8. The smallest absolute Gasteiger partial charge is 0.230 e. The molecule has 0 aromatic heterocycles. The number of amides is 1. The summed E-state index contributed by atoms with van der Waals surface area (Å²) in [5.74, 6) is 0.656. The van der Waals surface area contributed by atoms with Crippen LogP contribution in [0.15, 0.2) is 36.4 Å². The van der Waals surface area contributed by atoms with Crippen LogP contribution in [-0.4, -0.2) is 75.6 Å². The Balaban J connectivity index is 1.43. The average Bonchev–Trinajstić information content (AvgIpc) is 2.81. The quantitative estimate of drug-likeness (QED) is 0.444.